The fourth-order valence-corrected chi connectivity index (χ4v) is 3.09. The van der Waals surface area contributed by atoms with Crippen molar-refractivity contribution in [3.8, 4) is 0 Å². The number of ketones is 1. The van der Waals surface area contributed by atoms with E-state index < -0.39 is 11.6 Å². The summed E-state index contributed by atoms with van der Waals surface area (Å²) >= 11 is 5.07. The number of nitrogens with one attached hydrogen (secondary N) is 2. The molecule has 0 aromatic heterocycles. The molecule has 1 aliphatic rings. The van der Waals surface area contributed by atoms with Gasteiger partial charge in [0, 0.05) is 22.6 Å². The summed E-state index contributed by atoms with van der Waals surface area (Å²) in [7, 11) is 0. The topological polar surface area (TPSA) is 53.5 Å². The van der Waals surface area contributed by atoms with Crippen molar-refractivity contribution in [2.75, 3.05) is 5.32 Å². The number of thiocarbonyl (C=S) groups is 1. The summed E-state index contributed by atoms with van der Waals surface area (Å²) in [4.78, 5) is 12.6. The molecule has 0 saturated heterocycles. The first-order valence-electron chi connectivity index (χ1n) is 7.71. The number of benzene rings is 3. The molecule has 128 valence electrons. The third-order valence-corrected chi connectivity index (χ3v) is 4.26. The predicted octanol–water partition coefficient (Wildman–Crippen LogP) is 4.01. The van der Waals surface area contributed by atoms with E-state index in [9.17, 15) is 13.6 Å². The number of hydrogen-bond donors (Lipinski definition) is 2. The Hall–Kier alpha value is -3.19. The average Bonchev–Trinajstić information content (AvgIpc) is 2.90. The molecule has 0 atom stereocenters. The highest BCUT2D eigenvalue weighted by molar-refractivity contribution is 7.80. The molecule has 0 fully saturated rings. The summed E-state index contributed by atoms with van der Waals surface area (Å²) in [5.74, 6) is -1.68. The molecule has 0 spiro atoms. The monoisotopic (exact) mass is 367 g/mol. The number of rotatable bonds is 2. The zero-order chi connectivity index (χ0) is 18.3. The van der Waals surface area contributed by atoms with Crippen LogP contribution in [0.1, 0.15) is 15.9 Å². The van der Waals surface area contributed by atoms with Crippen molar-refractivity contribution in [3.63, 3.8) is 0 Å². The first kappa shape index (κ1) is 16.3. The van der Waals surface area contributed by atoms with Crippen LogP contribution in [0.2, 0.25) is 0 Å². The summed E-state index contributed by atoms with van der Waals surface area (Å²) in [5.41, 5.74) is 4.09. The summed E-state index contributed by atoms with van der Waals surface area (Å²) in [6, 6.07) is 14.2. The third-order valence-electron chi connectivity index (χ3n) is 4.07. The van der Waals surface area contributed by atoms with Gasteiger partial charge in [0.15, 0.2) is 5.11 Å². The van der Waals surface area contributed by atoms with Gasteiger partial charge < -0.3 is 5.32 Å². The van der Waals surface area contributed by atoms with Gasteiger partial charge in [0.1, 0.15) is 17.3 Å². The summed E-state index contributed by atoms with van der Waals surface area (Å²) in [6.45, 7) is 0. The summed E-state index contributed by atoms with van der Waals surface area (Å²) < 4.78 is 26.6. The number of Topliss-reactive ketones (excluding diaryl/α,β-unsaturated/α-hetero) is 1. The van der Waals surface area contributed by atoms with Gasteiger partial charge in [-0.25, -0.2) is 8.78 Å². The Kier molecular flexibility index (Phi) is 3.93. The molecule has 26 heavy (non-hydrogen) atoms. The van der Waals surface area contributed by atoms with E-state index in [1.807, 2.05) is 30.3 Å². The Morgan fingerprint density at radius 2 is 1.73 bits per heavy atom. The molecule has 2 N–H and O–H groups in total. The lowest BCUT2D eigenvalue weighted by Gasteiger charge is -2.08. The molecule has 4 rings (SSSR count). The van der Waals surface area contributed by atoms with Crippen LogP contribution < -0.4 is 10.7 Å². The molecule has 7 heteroatoms. The molecule has 3 aromatic carbocycles. The molecule has 0 radical (unpaired) electrons. The number of hydrogen-bond acceptors (Lipinski definition) is 3. The standard InChI is InChI=1S/C19H11F2N3OS/c20-11-7-8-15(14(21)9-11)22-19(26)24-23-17-12-5-1-3-10-4-2-6-13(16(10)12)18(17)25/h1-9H,(H2,22,24,26)/b23-17+. The summed E-state index contributed by atoms with van der Waals surface area (Å²) in [5, 5.41) is 8.47. The van der Waals surface area contributed by atoms with Crippen molar-refractivity contribution in [2.24, 2.45) is 5.10 Å². The first-order valence-corrected chi connectivity index (χ1v) is 8.12. The van der Waals surface area contributed by atoms with Crippen molar-refractivity contribution in [3.05, 3.63) is 77.4 Å². The zero-order valence-corrected chi connectivity index (χ0v) is 14.0. The van der Waals surface area contributed by atoms with Crippen LogP contribution in [0.5, 0.6) is 0 Å². The average molecular weight is 367 g/mol. The Balaban J connectivity index is 1.59. The number of carbonyl (C=O) groups excluding carboxylic acids is 1. The molecular formula is C19H11F2N3OS. The maximum atomic E-state index is 13.7. The predicted molar refractivity (Wildman–Crippen MR) is 101 cm³/mol. The van der Waals surface area contributed by atoms with Crippen molar-refractivity contribution < 1.29 is 13.6 Å². The molecule has 3 aromatic rings. The van der Waals surface area contributed by atoms with Gasteiger partial charge in [0.05, 0.1) is 5.69 Å². The number of nitrogens with zero attached hydrogens (tertiary/aromatic N) is 1. The smallest absolute Gasteiger partial charge is 0.214 e. The Bertz CT molecular complexity index is 1110. The fourth-order valence-electron chi connectivity index (χ4n) is 2.94. The van der Waals surface area contributed by atoms with Crippen LogP contribution in [0, 0.1) is 11.6 Å². The van der Waals surface area contributed by atoms with Gasteiger partial charge in [0.25, 0.3) is 0 Å². The van der Waals surface area contributed by atoms with Gasteiger partial charge >= 0.3 is 0 Å². The lowest BCUT2D eigenvalue weighted by Crippen LogP contribution is -2.27. The minimum atomic E-state index is -0.782. The summed E-state index contributed by atoms with van der Waals surface area (Å²) in [6.07, 6.45) is 0. The first-order chi connectivity index (χ1) is 12.5. The van der Waals surface area contributed by atoms with E-state index in [1.54, 1.807) is 6.07 Å². The van der Waals surface area contributed by atoms with Gasteiger partial charge in [-0.1, -0.05) is 36.4 Å². The van der Waals surface area contributed by atoms with E-state index in [0.717, 1.165) is 22.9 Å². The molecule has 4 nitrogen and oxygen atoms in total. The van der Waals surface area contributed by atoms with Crippen molar-refractivity contribution in [1.29, 1.82) is 0 Å². The lowest BCUT2D eigenvalue weighted by atomic mass is 10.1. The van der Waals surface area contributed by atoms with Crippen LogP contribution in [0.3, 0.4) is 0 Å². The Morgan fingerprint density at radius 3 is 2.46 bits per heavy atom. The van der Waals surface area contributed by atoms with E-state index in [2.05, 4.69) is 15.8 Å². The van der Waals surface area contributed by atoms with Gasteiger partial charge in [-0.3, -0.25) is 10.2 Å². The SMILES string of the molecule is O=C1/C(=N/NC(=S)Nc2ccc(F)cc2F)c2cccc3cccc1c23. The van der Waals surface area contributed by atoms with Crippen LogP contribution >= 0.6 is 12.2 Å². The molecule has 0 aliphatic heterocycles. The van der Waals surface area contributed by atoms with Crippen molar-refractivity contribution in [1.82, 2.24) is 5.43 Å². The molecular weight excluding hydrogens is 356 g/mol. The molecule has 0 amide bonds. The highest BCUT2D eigenvalue weighted by Gasteiger charge is 2.28. The number of hydrazone groups is 1. The minimum absolute atomic E-state index is 0.00670. The minimum Gasteiger partial charge on any atom is -0.329 e. The van der Waals surface area contributed by atoms with E-state index in [1.165, 1.54) is 6.07 Å². The maximum Gasteiger partial charge on any atom is 0.214 e. The largest absolute Gasteiger partial charge is 0.329 e. The quantitative estimate of drug-likeness (QED) is 0.531. The second-order valence-electron chi connectivity index (χ2n) is 5.69. The highest BCUT2D eigenvalue weighted by atomic mass is 32.1. The normalized spacial score (nSPS) is 14.1. The Labute approximate surface area is 152 Å². The molecule has 0 bridgehead atoms. The maximum absolute atomic E-state index is 13.7. The van der Waals surface area contributed by atoms with Crippen LogP contribution in [-0.4, -0.2) is 16.6 Å². The second kappa shape index (κ2) is 6.27. The van der Waals surface area contributed by atoms with Crippen molar-refractivity contribution >= 4 is 45.3 Å². The van der Waals surface area contributed by atoms with E-state index in [0.29, 0.717) is 11.1 Å². The van der Waals surface area contributed by atoms with Gasteiger partial charge in [-0.05, 0) is 29.7 Å². The van der Waals surface area contributed by atoms with Crippen LogP contribution in [0.25, 0.3) is 10.8 Å². The molecule has 0 unspecified atom stereocenters. The third kappa shape index (κ3) is 2.72. The zero-order valence-electron chi connectivity index (χ0n) is 13.2. The van der Waals surface area contributed by atoms with Crippen LogP contribution in [-0.2, 0) is 0 Å². The van der Waals surface area contributed by atoms with Crippen molar-refractivity contribution in [2.45, 2.75) is 0 Å². The number of anilines is 1. The number of carbonyl (C=O) groups is 1. The van der Waals surface area contributed by atoms with Gasteiger partial charge in [0.2, 0.25) is 5.78 Å². The molecule has 0 saturated carbocycles. The molecule has 0 heterocycles. The Morgan fingerprint density at radius 1 is 1.00 bits per heavy atom. The molecule has 1 aliphatic carbocycles. The second-order valence-corrected chi connectivity index (χ2v) is 6.10. The fraction of sp³-hybridized carbons (Fsp3) is 0. The van der Waals surface area contributed by atoms with Crippen LogP contribution in [0.4, 0.5) is 14.5 Å². The lowest BCUT2D eigenvalue weighted by molar-refractivity contribution is 0.106. The van der Waals surface area contributed by atoms with Crippen LogP contribution in [0.15, 0.2) is 59.7 Å². The van der Waals surface area contributed by atoms with E-state index in [4.69, 9.17) is 12.2 Å². The van der Waals surface area contributed by atoms with Gasteiger partial charge in [-0.15, -0.1) is 0 Å². The van der Waals surface area contributed by atoms with Gasteiger partial charge in [-0.2, -0.15) is 5.10 Å². The number of halogens is 2. The van der Waals surface area contributed by atoms with E-state index >= 15 is 0 Å². The highest BCUT2D eigenvalue weighted by Crippen LogP contribution is 2.30. The van der Waals surface area contributed by atoms with E-state index in [-0.39, 0.29) is 22.3 Å².